The molecule has 0 heterocycles. The van der Waals surface area contributed by atoms with E-state index in [0.29, 0.717) is 13.2 Å². The van der Waals surface area contributed by atoms with E-state index in [9.17, 15) is 14.4 Å². The minimum absolute atomic E-state index is 0.0633. The minimum Gasteiger partial charge on any atom is -0.466 e. The molecule has 1 amide bonds. The van der Waals surface area contributed by atoms with E-state index in [4.69, 9.17) is 14.2 Å². The largest absolute Gasteiger partial charge is 0.466 e. The average Bonchev–Trinajstić information content (AvgIpc) is 2.53. The van der Waals surface area contributed by atoms with Crippen LogP contribution < -0.4 is 0 Å². The van der Waals surface area contributed by atoms with Gasteiger partial charge in [0.1, 0.15) is 5.60 Å². The Labute approximate surface area is 157 Å². The second-order valence-corrected chi connectivity index (χ2v) is 7.12. The lowest BCUT2D eigenvalue weighted by Gasteiger charge is -2.27. The van der Waals surface area contributed by atoms with Crippen LogP contribution in [-0.4, -0.2) is 54.8 Å². The highest BCUT2D eigenvalue weighted by atomic mass is 16.6. The lowest BCUT2D eigenvalue weighted by molar-refractivity contribution is -0.144. The van der Waals surface area contributed by atoms with E-state index in [1.165, 1.54) is 4.90 Å². The van der Waals surface area contributed by atoms with Crippen LogP contribution >= 0.6 is 0 Å². The molecule has 0 atom stereocenters. The zero-order valence-electron chi connectivity index (χ0n) is 17.0. The highest BCUT2D eigenvalue weighted by molar-refractivity contribution is 5.73. The van der Waals surface area contributed by atoms with Crippen molar-refractivity contribution in [2.24, 2.45) is 0 Å². The summed E-state index contributed by atoms with van der Waals surface area (Å²) in [5.74, 6) is -0.727. The second-order valence-electron chi connectivity index (χ2n) is 7.12. The third-order valence-electron chi connectivity index (χ3n) is 3.35. The fourth-order valence-electron chi connectivity index (χ4n) is 1.88. The van der Waals surface area contributed by atoms with Crippen molar-refractivity contribution in [3.8, 4) is 0 Å². The summed E-state index contributed by atoms with van der Waals surface area (Å²) in [7, 11) is 0. The Morgan fingerprint density at radius 2 is 1.23 bits per heavy atom. The predicted octanol–water partition coefficient (Wildman–Crippen LogP) is 3.69. The molecule has 0 rings (SSSR count). The minimum atomic E-state index is -0.654. The number of carbonyl (C=O) groups is 3. The van der Waals surface area contributed by atoms with Gasteiger partial charge in [-0.1, -0.05) is 26.7 Å². The first-order chi connectivity index (χ1) is 12.2. The number of nitrogens with zero attached hydrogens (tertiary/aromatic N) is 1. The van der Waals surface area contributed by atoms with Crippen LogP contribution in [0.15, 0.2) is 0 Å². The fourth-order valence-corrected chi connectivity index (χ4v) is 1.88. The summed E-state index contributed by atoms with van der Waals surface area (Å²) in [4.78, 5) is 37.2. The first kappa shape index (κ1) is 24.2. The SMILES string of the molecule is CCCCOC(=O)CCN(CCC(=O)OCCCC)C(=O)OC(C)(C)C. The summed E-state index contributed by atoms with van der Waals surface area (Å²) in [6.45, 7) is 10.4. The number of esters is 2. The van der Waals surface area contributed by atoms with Crippen LogP contribution in [-0.2, 0) is 23.8 Å². The second kappa shape index (κ2) is 13.4. The van der Waals surface area contributed by atoms with Gasteiger partial charge >= 0.3 is 18.0 Å². The molecule has 7 heteroatoms. The molecule has 0 aromatic carbocycles. The number of rotatable bonds is 12. The molecule has 0 fully saturated rings. The van der Waals surface area contributed by atoms with Crippen molar-refractivity contribution in [3.05, 3.63) is 0 Å². The molecule has 0 radical (unpaired) electrons. The summed E-state index contributed by atoms with van der Waals surface area (Å²) < 4.78 is 15.5. The van der Waals surface area contributed by atoms with Crippen molar-refractivity contribution in [2.75, 3.05) is 26.3 Å². The molecule has 0 aliphatic rings. The third-order valence-corrected chi connectivity index (χ3v) is 3.35. The molecule has 0 saturated carbocycles. The zero-order chi connectivity index (χ0) is 20.0. The van der Waals surface area contributed by atoms with Crippen molar-refractivity contribution >= 4 is 18.0 Å². The van der Waals surface area contributed by atoms with Crippen LogP contribution in [0.1, 0.15) is 73.1 Å². The van der Waals surface area contributed by atoms with E-state index < -0.39 is 11.7 Å². The topological polar surface area (TPSA) is 82.1 Å². The number of hydrogen-bond acceptors (Lipinski definition) is 6. The van der Waals surface area contributed by atoms with Gasteiger partial charge in [-0.2, -0.15) is 0 Å². The molecular formula is C19H35NO6. The lowest BCUT2D eigenvalue weighted by Crippen LogP contribution is -2.39. The van der Waals surface area contributed by atoms with Crippen molar-refractivity contribution in [3.63, 3.8) is 0 Å². The van der Waals surface area contributed by atoms with Gasteiger partial charge in [0, 0.05) is 13.1 Å². The fraction of sp³-hybridized carbons (Fsp3) is 0.842. The number of amides is 1. The Morgan fingerprint density at radius 3 is 1.58 bits per heavy atom. The molecule has 0 N–H and O–H groups in total. The molecule has 0 spiro atoms. The van der Waals surface area contributed by atoms with E-state index in [2.05, 4.69) is 0 Å². The first-order valence-corrected chi connectivity index (χ1v) is 9.48. The number of unbranched alkanes of at least 4 members (excludes halogenated alkanes) is 2. The predicted molar refractivity (Wildman–Crippen MR) is 98.8 cm³/mol. The van der Waals surface area contributed by atoms with Gasteiger partial charge < -0.3 is 19.1 Å². The van der Waals surface area contributed by atoms with E-state index >= 15 is 0 Å². The lowest BCUT2D eigenvalue weighted by atomic mass is 10.2. The Balaban J connectivity index is 4.52. The smallest absolute Gasteiger partial charge is 0.410 e. The maximum absolute atomic E-state index is 12.3. The van der Waals surface area contributed by atoms with Crippen LogP contribution in [0.3, 0.4) is 0 Å². The number of hydrogen-bond donors (Lipinski definition) is 0. The normalized spacial score (nSPS) is 11.0. The highest BCUT2D eigenvalue weighted by Gasteiger charge is 2.23. The Kier molecular flexibility index (Phi) is 12.5. The maximum Gasteiger partial charge on any atom is 0.410 e. The van der Waals surface area contributed by atoms with Gasteiger partial charge in [0.15, 0.2) is 0 Å². The van der Waals surface area contributed by atoms with E-state index in [-0.39, 0.29) is 37.9 Å². The molecule has 0 aromatic rings. The third kappa shape index (κ3) is 13.5. The number of ether oxygens (including phenoxy) is 3. The average molecular weight is 373 g/mol. The molecule has 0 unspecified atom stereocenters. The van der Waals surface area contributed by atoms with Crippen molar-refractivity contribution in [2.45, 2.75) is 78.7 Å². The molecule has 26 heavy (non-hydrogen) atoms. The highest BCUT2D eigenvalue weighted by Crippen LogP contribution is 2.11. The monoisotopic (exact) mass is 373 g/mol. The van der Waals surface area contributed by atoms with Crippen LogP contribution in [0.5, 0.6) is 0 Å². The summed E-state index contributed by atoms with van der Waals surface area (Å²) >= 11 is 0. The molecule has 0 bridgehead atoms. The van der Waals surface area contributed by atoms with E-state index in [1.54, 1.807) is 20.8 Å². The van der Waals surface area contributed by atoms with Gasteiger partial charge in [-0.05, 0) is 33.6 Å². The molecule has 152 valence electrons. The number of carbonyl (C=O) groups excluding carboxylic acids is 3. The van der Waals surface area contributed by atoms with Crippen LogP contribution in [0.2, 0.25) is 0 Å². The van der Waals surface area contributed by atoms with Gasteiger partial charge in [0.05, 0.1) is 26.1 Å². The van der Waals surface area contributed by atoms with E-state index in [1.807, 2.05) is 13.8 Å². The Hall–Kier alpha value is -1.79. The first-order valence-electron chi connectivity index (χ1n) is 9.48. The van der Waals surface area contributed by atoms with Crippen LogP contribution in [0, 0.1) is 0 Å². The maximum atomic E-state index is 12.3. The van der Waals surface area contributed by atoms with Crippen molar-refractivity contribution < 1.29 is 28.6 Å². The summed E-state index contributed by atoms with van der Waals surface area (Å²) in [5, 5.41) is 0. The standard InChI is InChI=1S/C19H35NO6/c1-6-8-14-24-16(21)10-12-20(18(23)26-19(3,4)5)13-11-17(22)25-15-9-7-2/h6-15H2,1-5H3. The molecular weight excluding hydrogens is 338 g/mol. The van der Waals surface area contributed by atoms with Gasteiger partial charge in [0.25, 0.3) is 0 Å². The Bertz CT molecular complexity index is 404. The van der Waals surface area contributed by atoms with Gasteiger partial charge in [-0.3, -0.25) is 9.59 Å². The molecule has 0 saturated heterocycles. The Morgan fingerprint density at radius 1 is 0.808 bits per heavy atom. The van der Waals surface area contributed by atoms with Crippen LogP contribution in [0.25, 0.3) is 0 Å². The molecule has 0 aromatic heterocycles. The van der Waals surface area contributed by atoms with Crippen molar-refractivity contribution in [1.82, 2.24) is 4.90 Å². The summed E-state index contributed by atoms with van der Waals surface area (Å²) in [6, 6.07) is 0. The van der Waals surface area contributed by atoms with E-state index in [0.717, 1.165) is 25.7 Å². The van der Waals surface area contributed by atoms with Gasteiger partial charge in [0.2, 0.25) is 0 Å². The quantitative estimate of drug-likeness (QED) is 0.295. The molecule has 0 aliphatic carbocycles. The van der Waals surface area contributed by atoms with Crippen LogP contribution in [0.4, 0.5) is 4.79 Å². The summed E-state index contributed by atoms with van der Waals surface area (Å²) in [5.41, 5.74) is -0.654. The zero-order valence-corrected chi connectivity index (χ0v) is 17.0. The summed E-state index contributed by atoms with van der Waals surface area (Å²) in [6.07, 6.45) is 3.08. The molecule has 0 aliphatic heterocycles. The van der Waals surface area contributed by atoms with Gasteiger partial charge in [-0.25, -0.2) is 4.79 Å². The van der Waals surface area contributed by atoms with Crippen molar-refractivity contribution in [1.29, 1.82) is 0 Å². The molecule has 7 nitrogen and oxygen atoms in total. The van der Waals surface area contributed by atoms with Gasteiger partial charge in [-0.15, -0.1) is 0 Å².